The average Bonchev–Trinajstić information content (AvgIpc) is 3.18. The summed E-state index contributed by atoms with van der Waals surface area (Å²) >= 11 is 0. The summed E-state index contributed by atoms with van der Waals surface area (Å²) in [6.45, 7) is 0.758. The molecule has 2 atom stereocenters. The fourth-order valence-electron chi connectivity index (χ4n) is 2.35. The molecule has 2 aromatic carbocycles. The molecule has 1 aliphatic carbocycles. The average molecular weight is 239 g/mol. The van der Waals surface area contributed by atoms with Crippen LogP contribution in [0, 0.1) is 5.92 Å². The first-order valence-electron chi connectivity index (χ1n) is 6.37. The van der Waals surface area contributed by atoms with Crippen LogP contribution in [0.2, 0.25) is 0 Å². The van der Waals surface area contributed by atoms with Crippen molar-refractivity contribution in [2.45, 2.75) is 12.3 Å². The zero-order chi connectivity index (χ0) is 12.4. The predicted molar refractivity (Wildman–Crippen MR) is 73.6 cm³/mol. The minimum Gasteiger partial charge on any atom is -0.491 e. The van der Waals surface area contributed by atoms with E-state index in [-0.39, 0.29) is 0 Å². The van der Waals surface area contributed by atoms with Gasteiger partial charge >= 0.3 is 0 Å². The minimum absolute atomic E-state index is 0.631. The molecule has 2 N–H and O–H groups in total. The summed E-state index contributed by atoms with van der Waals surface area (Å²) in [6, 6.07) is 18.3. The van der Waals surface area contributed by atoms with E-state index in [1.807, 2.05) is 24.3 Å². The summed E-state index contributed by atoms with van der Waals surface area (Å²) in [4.78, 5) is 0. The molecule has 1 aliphatic rings. The van der Waals surface area contributed by atoms with Crippen LogP contribution in [0.1, 0.15) is 17.9 Å². The van der Waals surface area contributed by atoms with Crippen LogP contribution in [0.15, 0.2) is 54.6 Å². The smallest absolute Gasteiger partial charge is 0.142 e. The molecule has 1 saturated carbocycles. The molecule has 3 rings (SSSR count). The van der Waals surface area contributed by atoms with Gasteiger partial charge in [0, 0.05) is 5.92 Å². The van der Waals surface area contributed by atoms with Crippen LogP contribution in [0.25, 0.3) is 0 Å². The van der Waals surface area contributed by atoms with Gasteiger partial charge in [-0.05, 0) is 30.0 Å². The van der Waals surface area contributed by atoms with E-state index in [0.717, 1.165) is 18.0 Å². The fraction of sp³-hybridized carbons (Fsp3) is 0.250. The van der Waals surface area contributed by atoms with Crippen molar-refractivity contribution in [2.24, 2.45) is 5.92 Å². The van der Waals surface area contributed by atoms with Gasteiger partial charge in [-0.25, -0.2) is 0 Å². The Morgan fingerprint density at radius 3 is 2.50 bits per heavy atom. The van der Waals surface area contributed by atoms with Crippen LogP contribution in [-0.2, 0) is 0 Å². The Morgan fingerprint density at radius 2 is 1.72 bits per heavy atom. The van der Waals surface area contributed by atoms with Gasteiger partial charge in [0.05, 0.1) is 12.3 Å². The van der Waals surface area contributed by atoms with E-state index in [0.29, 0.717) is 11.8 Å². The van der Waals surface area contributed by atoms with Crippen molar-refractivity contribution in [1.29, 1.82) is 0 Å². The van der Waals surface area contributed by atoms with Gasteiger partial charge in [0.2, 0.25) is 0 Å². The van der Waals surface area contributed by atoms with Crippen LogP contribution >= 0.6 is 0 Å². The molecule has 0 radical (unpaired) electrons. The number of hydrogen-bond acceptors (Lipinski definition) is 2. The zero-order valence-electron chi connectivity index (χ0n) is 10.3. The highest BCUT2D eigenvalue weighted by atomic mass is 16.5. The molecule has 2 unspecified atom stereocenters. The van der Waals surface area contributed by atoms with Gasteiger partial charge in [0.15, 0.2) is 0 Å². The molecular formula is C16H17NO. The summed E-state index contributed by atoms with van der Waals surface area (Å²) in [7, 11) is 0. The second kappa shape index (κ2) is 4.73. The van der Waals surface area contributed by atoms with Crippen LogP contribution in [0.5, 0.6) is 5.75 Å². The van der Waals surface area contributed by atoms with Crippen molar-refractivity contribution in [3.63, 3.8) is 0 Å². The molecular weight excluding hydrogens is 222 g/mol. The summed E-state index contributed by atoms with van der Waals surface area (Å²) < 4.78 is 5.79. The molecule has 0 aromatic heterocycles. The lowest BCUT2D eigenvalue weighted by atomic mass is 10.1. The van der Waals surface area contributed by atoms with Gasteiger partial charge in [-0.2, -0.15) is 0 Å². The third-order valence-electron chi connectivity index (χ3n) is 3.52. The molecule has 0 saturated heterocycles. The normalized spacial score (nSPS) is 21.6. The predicted octanol–water partition coefficient (Wildman–Crippen LogP) is 3.45. The molecule has 0 heterocycles. The van der Waals surface area contributed by atoms with Crippen LogP contribution < -0.4 is 10.5 Å². The lowest BCUT2D eigenvalue weighted by molar-refractivity contribution is 0.298. The highest BCUT2D eigenvalue weighted by Gasteiger charge is 2.38. The minimum atomic E-state index is 0.631. The fourth-order valence-corrected chi connectivity index (χ4v) is 2.35. The van der Waals surface area contributed by atoms with Gasteiger partial charge in [-0.15, -0.1) is 0 Å². The van der Waals surface area contributed by atoms with Gasteiger partial charge in [-0.3, -0.25) is 0 Å². The molecule has 18 heavy (non-hydrogen) atoms. The molecule has 0 spiro atoms. The Labute approximate surface area is 107 Å². The number of nitrogens with two attached hydrogens (primary N) is 1. The van der Waals surface area contributed by atoms with Crippen molar-refractivity contribution in [2.75, 3.05) is 12.3 Å². The number of anilines is 1. The van der Waals surface area contributed by atoms with E-state index in [1.165, 1.54) is 12.0 Å². The Morgan fingerprint density at radius 1 is 1.00 bits per heavy atom. The lowest BCUT2D eigenvalue weighted by Gasteiger charge is -2.08. The van der Waals surface area contributed by atoms with E-state index >= 15 is 0 Å². The quantitative estimate of drug-likeness (QED) is 0.829. The van der Waals surface area contributed by atoms with E-state index in [2.05, 4.69) is 30.3 Å². The Hall–Kier alpha value is -1.96. The number of nitrogen functional groups attached to an aromatic ring is 1. The van der Waals surface area contributed by atoms with E-state index in [1.54, 1.807) is 0 Å². The number of hydrogen-bond donors (Lipinski definition) is 1. The number of rotatable bonds is 4. The Balaban J connectivity index is 1.56. The van der Waals surface area contributed by atoms with E-state index in [9.17, 15) is 0 Å². The molecule has 0 amide bonds. The number of para-hydroxylation sites is 2. The summed E-state index contributed by atoms with van der Waals surface area (Å²) in [5, 5.41) is 0. The first-order valence-corrected chi connectivity index (χ1v) is 6.37. The molecule has 1 fully saturated rings. The van der Waals surface area contributed by atoms with Crippen molar-refractivity contribution in [3.8, 4) is 5.75 Å². The van der Waals surface area contributed by atoms with Crippen molar-refractivity contribution < 1.29 is 4.74 Å². The molecule has 0 aliphatic heterocycles. The highest BCUT2D eigenvalue weighted by Crippen LogP contribution is 2.47. The van der Waals surface area contributed by atoms with Crippen LogP contribution in [0.4, 0.5) is 5.69 Å². The summed E-state index contributed by atoms with van der Waals surface area (Å²) in [5.41, 5.74) is 7.99. The van der Waals surface area contributed by atoms with E-state index in [4.69, 9.17) is 10.5 Å². The molecule has 92 valence electrons. The maximum absolute atomic E-state index is 5.85. The maximum Gasteiger partial charge on any atom is 0.142 e. The van der Waals surface area contributed by atoms with Crippen molar-refractivity contribution in [1.82, 2.24) is 0 Å². The van der Waals surface area contributed by atoms with E-state index < -0.39 is 0 Å². The third-order valence-corrected chi connectivity index (χ3v) is 3.52. The van der Waals surface area contributed by atoms with Crippen molar-refractivity contribution in [3.05, 3.63) is 60.2 Å². The second-order valence-electron chi connectivity index (χ2n) is 4.86. The second-order valence-corrected chi connectivity index (χ2v) is 4.86. The number of benzene rings is 2. The summed E-state index contributed by atoms with van der Waals surface area (Å²) in [6.07, 6.45) is 1.22. The Bertz CT molecular complexity index is 524. The molecule has 0 bridgehead atoms. The first kappa shape index (κ1) is 11.1. The van der Waals surface area contributed by atoms with Gasteiger partial charge in [0.1, 0.15) is 5.75 Å². The standard InChI is InChI=1S/C16H17NO/c17-15-8-4-5-9-16(15)18-11-13-10-14(13)12-6-2-1-3-7-12/h1-9,13-14H,10-11,17H2. The largest absolute Gasteiger partial charge is 0.491 e. The lowest BCUT2D eigenvalue weighted by Crippen LogP contribution is -2.02. The molecule has 2 heteroatoms. The van der Waals surface area contributed by atoms with Gasteiger partial charge in [-0.1, -0.05) is 42.5 Å². The van der Waals surface area contributed by atoms with Gasteiger partial charge in [0.25, 0.3) is 0 Å². The van der Waals surface area contributed by atoms with Crippen LogP contribution in [0.3, 0.4) is 0 Å². The van der Waals surface area contributed by atoms with Crippen LogP contribution in [-0.4, -0.2) is 6.61 Å². The Kier molecular flexibility index (Phi) is 2.93. The molecule has 2 nitrogen and oxygen atoms in total. The molecule has 2 aromatic rings. The van der Waals surface area contributed by atoms with Gasteiger partial charge < -0.3 is 10.5 Å². The monoisotopic (exact) mass is 239 g/mol. The SMILES string of the molecule is Nc1ccccc1OCC1CC1c1ccccc1. The number of ether oxygens (including phenoxy) is 1. The van der Waals surface area contributed by atoms with Crippen molar-refractivity contribution >= 4 is 5.69 Å². The third kappa shape index (κ3) is 2.33. The zero-order valence-corrected chi connectivity index (χ0v) is 10.3. The summed E-state index contributed by atoms with van der Waals surface area (Å²) in [5.74, 6) is 2.10. The topological polar surface area (TPSA) is 35.2 Å². The maximum atomic E-state index is 5.85. The first-order chi connectivity index (χ1) is 8.84. The highest BCUT2D eigenvalue weighted by molar-refractivity contribution is 5.51.